The van der Waals surface area contributed by atoms with E-state index in [4.69, 9.17) is 0 Å². The molecular weight excluding hydrogens is 448 g/mol. The first-order valence-corrected chi connectivity index (χ1v) is 13.0. The van der Waals surface area contributed by atoms with Gasteiger partial charge in [0.15, 0.2) is 15.1 Å². The number of aryl methyl sites for hydroxylation is 2. The first-order chi connectivity index (χ1) is 15.1. The van der Waals surface area contributed by atoms with Crippen LogP contribution in [0.4, 0.5) is 0 Å². The monoisotopic (exact) mass is 472 g/mol. The minimum absolute atomic E-state index is 0.163. The van der Waals surface area contributed by atoms with Crippen molar-refractivity contribution in [2.45, 2.75) is 38.0 Å². The molecule has 32 heavy (non-hydrogen) atoms. The van der Waals surface area contributed by atoms with Crippen molar-refractivity contribution in [2.75, 3.05) is 12.8 Å². The van der Waals surface area contributed by atoms with Crippen LogP contribution in [-0.2, 0) is 19.4 Å². The van der Waals surface area contributed by atoms with E-state index in [1.165, 1.54) is 0 Å². The number of rotatable bonds is 7. The molecule has 1 fully saturated rings. The van der Waals surface area contributed by atoms with Crippen LogP contribution in [0.5, 0.6) is 0 Å². The van der Waals surface area contributed by atoms with Gasteiger partial charge in [-0.2, -0.15) is 0 Å². The highest BCUT2D eigenvalue weighted by molar-refractivity contribution is 7.91. The number of hydrogen-bond donors (Lipinski definition) is 2. The summed E-state index contributed by atoms with van der Waals surface area (Å²) in [6.07, 6.45) is 4.65. The molecule has 0 aliphatic heterocycles. The molecule has 2 N–H and O–H groups in total. The number of carbonyl (C=O) groups is 2. The van der Waals surface area contributed by atoms with E-state index < -0.39 is 21.0 Å². The summed E-state index contributed by atoms with van der Waals surface area (Å²) in [6.45, 7) is 3.60. The quantitative estimate of drug-likeness (QED) is 0.545. The summed E-state index contributed by atoms with van der Waals surface area (Å²) < 4.78 is 25.7. The molecule has 1 aliphatic rings. The lowest BCUT2D eigenvalue weighted by atomic mass is 10.0. The van der Waals surface area contributed by atoms with Crippen LogP contribution >= 0.6 is 11.3 Å². The third-order valence-corrected chi connectivity index (χ3v) is 7.76. The van der Waals surface area contributed by atoms with Gasteiger partial charge in [-0.05, 0) is 56.0 Å². The van der Waals surface area contributed by atoms with Crippen LogP contribution in [0, 0.1) is 13.8 Å². The zero-order valence-electron chi connectivity index (χ0n) is 18.0. The van der Waals surface area contributed by atoms with E-state index in [1.54, 1.807) is 6.20 Å². The number of nitrogens with zero attached hydrogens (tertiary/aromatic N) is 2. The molecule has 0 bridgehead atoms. The largest absolute Gasteiger partial charge is 0.352 e. The molecule has 0 spiro atoms. The number of aromatic nitrogens is 2. The maximum atomic E-state index is 12.7. The number of sulfone groups is 1. The van der Waals surface area contributed by atoms with Crippen LogP contribution in [0.1, 0.15) is 34.4 Å². The Balaban J connectivity index is 1.63. The summed E-state index contributed by atoms with van der Waals surface area (Å²) in [5.41, 5.74) is 4.43. The van der Waals surface area contributed by atoms with E-state index in [2.05, 4.69) is 20.6 Å². The van der Waals surface area contributed by atoms with Gasteiger partial charge in [0.2, 0.25) is 11.8 Å². The Morgan fingerprint density at radius 2 is 1.97 bits per heavy atom. The van der Waals surface area contributed by atoms with E-state index in [9.17, 15) is 18.0 Å². The molecule has 2 heterocycles. The number of amides is 2. The molecule has 0 saturated heterocycles. The SMILES string of the molecule is Cc1ccc(-c2cc3sc(C(C(=O)NCC(=O)NC4CC4)S(C)(=O)=O)nc3cc2C)cn1. The van der Waals surface area contributed by atoms with Crippen molar-refractivity contribution in [3.05, 3.63) is 46.7 Å². The highest BCUT2D eigenvalue weighted by Crippen LogP contribution is 2.35. The van der Waals surface area contributed by atoms with E-state index in [1.807, 2.05) is 38.1 Å². The van der Waals surface area contributed by atoms with Crippen LogP contribution in [0.25, 0.3) is 21.3 Å². The second-order valence-corrected chi connectivity index (χ2v) is 11.3. The predicted octanol–water partition coefficient (Wildman–Crippen LogP) is 2.46. The fourth-order valence-corrected chi connectivity index (χ4v) is 5.93. The van der Waals surface area contributed by atoms with Gasteiger partial charge in [0, 0.05) is 29.8 Å². The highest BCUT2D eigenvalue weighted by Gasteiger charge is 2.34. The number of benzene rings is 1. The number of nitrogens with one attached hydrogen (secondary N) is 2. The van der Waals surface area contributed by atoms with Gasteiger partial charge in [-0.1, -0.05) is 6.07 Å². The molecule has 2 aromatic heterocycles. The molecule has 3 aromatic rings. The Kier molecular flexibility index (Phi) is 6.00. The summed E-state index contributed by atoms with van der Waals surface area (Å²) in [6, 6.07) is 7.90. The van der Waals surface area contributed by atoms with Gasteiger partial charge in [-0.3, -0.25) is 14.6 Å². The molecule has 4 rings (SSSR count). The van der Waals surface area contributed by atoms with Crippen molar-refractivity contribution in [1.82, 2.24) is 20.6 Å². The highest BCUT2D eigenvalue weighted by atomic mass is 32.2. The standard InChI is InChI=1S/C22H24N4O4S2/c1-12-8-17-18(9-16(12)14-5-4-13(2)23-10-14)31-22(26-17)20(32(3,29)30)21(28)24-11-19(27)25-15-6-7-15/h4-5,8-10,15,20H,6-7,11H2,1-3H3,(H,24,28)(H,25,27). The number of carbonyl (C=O) groups excluding carboxylic acids is 2. The predicted molar refractivity (Wildman–Crippen MR) is 124 cm³/mol. The summed E-state index contributed by atoms with van der Waals surface area (Å²) in [4.78, 5) is 33.4. The maximum absolute atomic E-state index is 12.7. The Bertz CT molecular complexity index is 1300. The Hall–Kier alpha value is -2.85. The smallest absolute Gasteiger partial charge is 0.245 e. The summed E-state index contributed by atoms with van der Waals surface area (Å²) in [5.74, 6) is -1.08. The molecule has 1 unspecified atom stereocenters. The first-order valence-electron chi connectivity index (χ1n) is 10.2. The van der Waals surface area contributed by atoms with Crippen molar-refractivity contribution < 1.29 is 18.0 Å². The number of fused-ring (bicyclic) bond motifs is 1. The first kappa shape index (κ1) is 22.3. The molecule has 8 nitrogen and oxygen atoms in total. The van der Waals surface area contributed by atoms with Gasteiger partial charge >= 0.3 is 0 Å². The van der Waals surface area contributed by atoms with Gasteiger partial charge in [0.05, 0.1) is 16.8 Å². The van der Waals surface area contributed by atoms with Crippen molar-refractivity contribution >= 4 is 43.2 Å². The molecule has 1 aliphatic carbocycles. The summed E-state index contributed by atoms with van der Waals surface area (Å²) >= 11 is 1.16. The lowest BCUT2D eigenvalue weighted by molar-refractivity contribution is -0.126. The Morgan fingerprint density at radius 3 is 2.59 bits per heavy atom. The average Bonchev–Trinajstić information content (AvgIpc) is 3.43. The average molecular weight is 473 g/mol. The van der Waals surface area contributed by atoms with E-state index >= 15 is 0 Å². The third-order valence-electron chi connectivity index (χ3n) is 5.23. The summed E-state index contributed by atoms with van der Waals surface area (Å²) in [7, 11) is -3.81. The molecule has 2 amide bonds. The number of hydrogen-bond acceptors (Lipinski definition) is 7. The maximum Gasteiger partial charge on any atom is 0.245 e. The summed E-state index contributed by atoms with van der Waals surface area (Å²) in [5, 5.41) is 3.91. The van der Waals surface area contributed by atoms with E-state index in [-0.39, 0.29) is 23.5 Å². The Morgan fingerprint density at radius 1 is 1.22 bits per heavy atom. The van der Waals surface area contributed by atoms with Crippen molar-refractivity contribution in [3.63, 3.8) is 0 Å². The van der Waals surface area contributed by atoms with Crippen molar-refractivity contribution in [1.29, 1.82) is 0 Å². The van der Waals surface area contributed by atoms with E-state index in [0.29, 0.717) is 5.52 Å². The van der Waals surface area contributed by atoms with E-state index in [0.717, 1.165) is 57.5 Å². The van der Waals surface area contributed by atoms with Gasteiger partial charge in [-0.15, -0.1) is 11.3 Å². The number of pyridine rings is 1. The number of thiazole rings is 1. The normalized spacial score (nSPS) is 14.8. The van der Waals surface area contributed by atoms with Crippen LogP contribution in [0.2, 0.25) is 0 Å². The van der Waals surface area contributed by atoms with Crippen LogP contribution in [-0.4, -0.2) is 49.0 Å². The fraction of sp³-hybridized carbons (Fsp3) is 0.364. The van der Waals surface area contributed by atoms with Gasteiger partial charge in [0.1, 0.15) is 5.01 Å². The molecule has 1 aromatic carbocycles. The lowest BCUT2D eigenvalue weighted by Crippen LogP contribution is -2.41. The fourth-order valence-electron chi connectivity index (χ4n) is 3.40. The lowest BCUT2D eigenvalue weighted by Gasteiger charge is -2.12. The second kappa shape index (κ2) is 8.59. The molecule has 1 atom stereocenters. The minimum Gasteiger partial charge on any atom is -0.352 e. The van der Waals surface area contributed by atoms with Crippen molar-refractivity contribution in [3.8, 4) is 11.1 Å². The molecule has 10 heteroatoms. The second-order valence-electron chi connectivity index (χ2n) is 8.14. The Labute approximate surface area is 190 Å². The van der Waals surface area contributed by atoms with Gasteiger partial charge in [0.25, 0.3) is 0 Å². The van der Waals surface area contributed by atoms with Gasteiger partial charge < -0.3 is 10.6 Å². The van der Waals surface area contributed by atoms with Crippen LogP contribution in [0.3, 0.4) is 0 Å². The van der Waals surface area contributed by atoms with Crippen molar-refractivity contribution in [2.24, 2.45) is 0 Å². The van der Waals surface area contributed by atoms with Gasteiger partial charge in [-0.25, -0.2) is 13.4 Å². The molecule has 0 radical (unpaired) electrons. The zero-order valence-corrected chi connectivity index (χ0v) is 19.6. The molecule has 1 saturated carbocycles. The van der Waals surface area contributed by atoms with Crippen LogP contribution < -0.4 is 10.6 Å². The molecular formula is C22H24N4O4S2. The topological polar surface area (TPSA) is 118 Å². The van der Waals surface area contributed by atoms with Crippen LogP contribution in [0.15, 0.2) is 30.5 Å². The minimum atomic E-state index is -3.81. The third kappa shape index (κ3) is 4.97. The molecule has 168 valence electrons. The zero-order chi connectivity index (χ0) is 23.0.